The van der Waals surface area contributed by atoms with Crippen LogP contribution in [0.3, 0.4) is 0 Å². The zero-order valence-electron chi connectivity index (χ0n) is 10.5. The fraction of sp³-hybridized carbons (Fsp3) is 0.667. The van der Waals surface area contributed by atoms with E-state index in [0.717, 1.165) is 31.7 Å². The van der Waals surface area contributed by atoms with Gasteiger partial charge in [0.1, 0.15) is 5.69 Å². The number of carbonyl (C=O) groups excluding carboxylic acids is 1. The van der Waals surface area contributed by atoms with Gasteiger partial charge in [-0.05, 0) is 20.3 Å². The molecule has 1 aliphatic heterocycles. The minimum absolute atomic E-state index is 0.0633. The Hall–Kier alpha value is -0.870. The van der Waals surface area contributed by atoms with Crippen molar-refractivity contribution in [1.82, 2.24) is 14.7 Å². The molecule has 2 heterocycles. The maximum absolute atomic E-state index is 11.4. The van der Waals surface area contributed by atoms with E-state index in [2.05, 4.69) is 23.8 Å². The molecule has 0 aromatic carbocycles. The van der Waals surface area contributed by atoms with Crippen LogP contribution in [0.1, 0.15) is 43.4 Å². The molecule has 0 amide bonds. The third-order valence-corrected chi connectivity index (χ3v) is 3.62. The molecule has 94 valence electrons. The molecule has 0 saturated carbocycles. The molecule has 4 nitrogen and oxygen atoms in total. The standard InChI is InChI=1S/C12H18ClN3O/c1-8(2)15-5-4-6-16-10(7-15)11(13)12(14-16)9(3)17/h8H,4-7H2,1-3H3. The number of Topliss-reactive ketones (excluding diaryl/α,β-unsaturated/α-hetero) is 1. The van der Waals surface area contributed by atoms with E-state index < -0.39 is 0 Å². The molecule has 0 spiro atoms. The van der Waals surface area contributed by atoms with Crippen LogP contribution < -0.4 is 0 Å². The Bertz CT molecular complexity index is 439. The van der Waals surface area contributed by atoms with Gasteiger partial charge in [-0.25, -0.2) is 0 Å². The summed E-state index contributed by atoms with van der Waals surface area (Å²) < 4.78 is 1.89. The largest absolute Gasteiger partial charge is 0.295 e. The summed E-state index contributed by atoms with van der Waals surface area (Å²) in [6.07, 6.45) is 1.04. The van der Waals surface area contributed by atoms with Crippen molar-refractivity contribution in [2.45, 2.75) is 46.3 Å². The Balaban J connectivity index is 2.37. The van der Waals surface area contributed by atoms with E-state index in [9.17, 15) is 4.79 Å². The molecule has 1 aromatic rings. The van der Waals surface area contributed by atoms with E-state index in [0.29, 0.717) is 16.8 Å². The second kappa shape index (κ2) is 4.78. The maximum Gasteiger partial charge on any atom is 0.181 e. The van der Waals surface area contributed by atoms with Crippen molar-refractivity contribution < 1.29 is 4.79 Å². The quantitative estimate of drug-likeness (QED) is 0.762. The highest BCUT2D eigenvalue weighted by Crippen LogP contribution is 2.25. The summed E-state index contributed by atoms with van der Waals surface area (Å²) in [4.78, 5) is 13.8. The van der Waals surface area contributed by atoms with Gasteiger partial charge in [0.2, 0.25) is 0 Å². The summed E-state index contributed by atoms with van der Waals surface area (Å²) in [5.74, 6) is -0.0633. The summed E-state index contributed by atoms with van der Waals surface area (Å²) in [6, 6.07) is 0.480. The van der Waals surface area contributed by atoms with Crippen LogP contribution in [0.4, 0.5) is 0 Å². The zero-order chi connectivity index (χ0) is 12.6. The predicted molar refractivity (Wildman–Crippen MR) is 67.4 cm³/mol. The number of halogens is 1. The lowest BCUT2D eigenvalue weighted by atomic mass is 10.2. The van der Waals surface area contributed by atoms with Gasteiger partial charge in [-0.2, -0.15) is 5.10 Å². The maximum atomic E-state index is 11.4. The average molecular weight is 256 g/mol. The Morgan fingerprint density at radius 3 is 2.71 bits per heavy atom. The SMILES string of the molecule is CC(=O)c1nn2c(c1Cl)CN(C(C)C)CCC2. The normalized spacial score (nSPS) is 17.0. The van der Waals surface area contributed by atoms with Crippen LogP contribution in [0, 0.1) is 0 Å². The monoisotopic (exact) mass is 255 g/mol. The highest BCUT2D eigenvalue weighted by atomic mass is 35.5. The summed E-state index contributed by atoms with van der Waals surface area (Å²) in [5.41, 5.74) is 1.38. The number of carbonyl (C=O) groups is 1. The molecular formula is C12H18ClN3O. The van der Waals surface area contributed by atoms with Gasteiger partial charge in [-0.1, -0.05) is 11.6 Å². The van der Waals surface area contributed by atoms with Crippen molar-refractivity contribution in [3.63, 3.8) is 0 Å². The number of ketones is 1. The molecule has 1 aliphatic rings. The minimum Gasteiger partial charge on any atom is -0.295 e. The van der Waals surface area contributed by atoms with Crippen molar-refractivity contribution in [3.05, 3.63) is 16.4 Å². The zero-order valence-corrected chi connectivity index (χ0v) is 11.3. The Kier molecular flexibility index (Phi) is 3.54. The molecule has 1 aromatic heterocycles. The van der Waals surface area contributed by atoms with Crippen LogP contribution in [0.15, 0.2) is 0 Å². The smallest absolute Gasteiger partial charge is 0.181 e. The van der Waals surface area contributed by atoms with Gasteiger partial charge in [0, 0.05) is 32.6 Å². The van der Waals surface area contributed by atoms with E-state index in [4.69, 9.17) is 11.6 Å². The lowest BCUT2D eigenvalue weighted by Gasteiger charge is -2.23. The number of aryl methyl sites for hydroxylation is 1. The van der Waals surface area contributed by atoms with E-state index >= 15 is 0 Å². The Morgan fingerprint density at radius 1 is 1.41 bits per heavy atom. The summed E-state index contributed by atoms with van der Waals surface area (Å²) in [5, 5.41) is 4.84. The highest BCUT2D eigenvalue weighted by molar-refractivity contribution is 6.34. The van der Waals surface area contributed by atoms with Crippen molar-refractivity contribution in [2.75, 3.05) is 6.54 Å². The van der Waals surface area contributed by atoms with Gasteiger partial charge in [0.05, 0.1) is 10.7 Å². The third kappa shape index (κ3) is 2.38. The first-order chi connectivity index (χ1) is 8.00. The fourth-order valence-electron chi connectivity index (χ4n) is 2.17. The molecule has 0 unspecified atom stereocenters. The number of hydrogen-bond acceptors (Lipinski definition) is 3. The molecule has 17 heavy (non-hydrogen) atoms. The van der Waals surface area contributed by atoms with Crippen LogP contribution in [0.5, 0.6) is 0 Å². The molecule has 5 heteroatoms. The molecule has 0 aliphatic carbocycles. The van der Waals surface area contributed by atoms with E-state index in [1.807, 2.05) is 4.68 Å². The number of hydrogen-bond donors (Lipinski definition) is 0. The summed E-state index contributed by atoms with van der Waals surface area (Å²) in [7, 11) is 0. The van der Waals surface area contributed by atoms with Gasteiger partial charge in [0.15, 0.2) is 5.78 Å². The number of fused-ring (bicyclic) bond motifs is 1. The first-order valence-electron chi connectivity index (χ1n) is 6.01. The molecule has 0 radical (unpaired) electrons. The van der Waals surface area contributed by atoms with Crippen molar-refractivity contribution in [3.8, 4) is 0 Å². The summed E-state index contributed by atoms with van der Waals surface area (Å²) in [6.45, 7) is 8.51. The van der Waals surface area contributed by atoms with Crippen molar-refractivity contribution in [1.29, 1.82) is 0 Å². The molecule has 2 rings (SSSR count). The predicted octanol–water partition coefficient (Wildman–Crippen LogP) is 2.35. The lowest BCUT2D eigenvalue weighted by molar-refractivity contribution is 0.101. The molecule has 0 bridgehead atoms. The van der Waals surface area contributed by atoms with Crippen LogP contribution in [0.2, 0.25) is 5.02 Å². The van der Waals surface area contributed by atoms with E-state index in [1.165, 1.54) is 6.92 Å². The third-order valence-electron chi connectivity index (χ3n) is 3.23. The minimum atomic E-state index is -0.0633. The van der Waals surface area contributed by atoms with E-state index in [-0.39, 0.29) is 5.78 Å². The van der Waals surface area contributed by atoms with Gasteiger partial charge >= 0.3 is 0 Å². The first kappa shape index (κ1) is 12.6. The van der Waals surface area contributed by atoms with Crippen molar-refractivity contribution >= 4 is 17.4 Å². The number of rotatable bonds is 2. The molecule has 0 saturated heterocycles. The highest BCUT2D eigenvalue weighted by Gasteiger charge is 2.24. The molecule has 0 atom stereocenters. The summed E-state index contributed by atoms with van der Waals surface area (Å²) >= 11 is 6.25. The molecule has 0 N–H and O–H groups in total. The second-order valence-corrected chi connectivity index (χ2v) is 5.18. The fourth-order valence-corrected chi connectivity index (χ4v) is 2.50. The second-order valence-electron chi connectivity index (χ2n) is 4.81. The molecular weight excluding hydrogens is 238 g/mol. The Labute approximate surface area is 107 Å². The van der Waals surface area contributed by atoms with Crippen LogP contribution in [-0.4, -0.2) is 33.1 Å². The Morgan fingerprint density at radius 2 is 2.12 bits per heavy atom. The van der Waals surface area contributed by atoms with Crippen LogP contribution in [-0.2, 0) is 13.1 Å². The van der Waals surface area contributed by atoms with Gasteiger partial charge in [0.25, 0.3) is 0 Å². The van der Waals surface area contributed by atoms with Gasteiger partial charge < -0.3 is 0 Å². The lowest BCUT2D eigenvalue weighted by Crippen LogP contribution is -2.30. The van der Waals surface area contributed by atoms with Crippen LogP contribution >= 0.6 is 11.6 Å². The first-order valence-corrected chi connectivity index (χ1v) is 6.38. The van der Waals surface area contributed by atoms with Gasteiger partial charge in [-0.3, -0.25) is 14.4 Å². The number of nitrogens with zero attached hydrogens (tertiary/aromatic N) is 3. The van der Waals surface area contributed by atoms with E-state index in [1.54, 1.807) is 0 Å². The average Bonchev–Trinajstić information content (AvgIpc) is 2.47. The number of aromatic nitrogens is 2. The molecule has 0 fully saturated rings. The van der Waals surface area contributed by atoms with Crippen LogP contribution in [0.25, 0.3) is 0 Å². The topological polar surface area (TPSA) is 38.1 Å². The van der Waals surface area contributed by atoms with Crippen molar-refractivity contribution in [2.24, 2.45) is 0 Å². The van der Waals surface area contributed by atoms with Gasteiger partial charge in [-0.15, -0.1) is 0 Å².